The van der Waals surface area contributed by atoms with Gasteiger partial charge in [-0.25, -0.2) is 0 Å². The summed E-state index contributed by atoms with van der Waals surface area (Å²) in [4.78, 5) is 0. The van der Waals surface area contributed by atoms with Gasteiger partial charge in [-0.2, -0.15) is 0 Å². The van der Waals surface area contributed by atoms with Crippen molar-refractivity contribution < 1.29 is 0 Å². The average molecular weight is 400 g/mol. The SMILES string of the molecule is CC.NCc1ccccc1.c1ccc(P(c2ccccc2)c2ccccc2)cc1. The maximum absolute atomic E-state index is 5.35. The van der Waals surface area contributed by atoms with Crippen LogP contribution < -0.4 is 21.6 Å². The highest BCUT2D eigenvalue weighted by Gasteiger charge is 2.14. The van der Waals surface area contributed by atoms with Gasteiger partial charge >= 0.3 is 0 Å². The van der Waals surface area contributed by atoms with Gasteiger partial charge in [-0.05, 0) is 29.4 Å². The predicted molar refractivity (Wildman–Crippen MR) is 131 cm³/mol. The highest BCUT2D eigenvalue weighted by molar-refractivity contribution is 7.79. The van der Waals surface area contributed by atoms with Gasteiger partial charge in [-0.1, -0.05) is 135 Å². The molecule has 0 unspecified atom stereocenters. The summed E-state index contributed by atoms with van der Waals surface area (Å²) in [7, 11) is -0.446. The van der Waals surface area contributed by atoms with E-state index >= 15 is 0 Å². The molecule has 0 radical (unpaired) electrons. The molecule has 1 nitrogen and oxygen atoms in total. The van der Waals surface area contributed by atoms with Gasteiger partial charge in [0.05, 0.1) is 0 Å². The van der Waals surface area contributed by atoms with E-state index in [9.17, 15) is 0 Å². The lowest BCUT2D eigenvalue weighted by molar-refractivity contribution is 1.07. The predicted octanol–water partition coefficient (Wildman–Crippen LogP) is 5.62. The summed E-state index contributed by atoms with van der Waals surface area (Å²) in [6.45, 7) is 4.64. The third-order valence-corrected chi connectivity index (χ3v) is 6.57. The lowest BCUT2D eigenvalue weighted by atomic mass is 10.2. The van der Waals surface area contributed by atoms with E-state index in [2.05, 4.69) is 91.0 Å². The molecule has 0 heterocycles. The smallest absolute Gasteiger partial charge is 0.0178 e. The number of hydrogen-bond donors (Lipinski definition) is 1. The maximum Gasteiger partial charge on any atom is 0.0178 e. The highest BCUT2D eigenvalue weighted by Crippen LogP contribution is 2.32. The van der Waals surface area contributed by atoms with E-state index in [1.165, 1.54) is 21.5 Å². The molecule has 0 amide bonds. The molecule has 0 aliphatic carbocycles. The molecule has 4 aromatic rings. The summed E-state index contributed by atoms with van der Waals surface area (Å²) < 4.78 is 0. The third kappa shape index (κ3) is 7.31. The lowest BCUT2D eigenvalue weighted by Crippen LogP contribution is -2.20. The number of hydrogen-bond acceptors (Lipinski definition) is 1. The molecular formula is C27H30NP. The molecule has 29 heavy (non-hydrogen) atoms. The normalized spacial score (nSPS) is 9.66. The quantitative estimate of drug-likeness (QED) is 0.443. The summed E-state index contributed by atoms with van der Waals surface area (Å²) in [5, 5.41) is 4.19. The van der Waals surface area contributed by atoms with Gasteiger partial charge in [0.2, 0.25) is 0 Å². The molecule has 2 heteroatoms. The van der Waals surface area contributed by atoms with E-state index in [4.69, 9.17) is 5.73 Å². The molecule has 0 spiro atoms. The molecular weight excluding hydrogens is 369 g/mol. The molecule has 4 aromatic carbocycles. The minimum absolute atomic E-state index is 0.446. The van der Waals surface area contributed by atoms with E-state index in [-0.39, 0.29) is 0 Å². The summed E-state index contributed by atoms with van der Waals surface area (Å²) in [5.74, 6) is 0. The lowest BCUT2D eigenvalue weighted by Gasteiger charge is -2.18. The van der Waals surface area contributed by atoms with Crippen LogP contribution >= 0.6 is 7.92 Å². The minimum Gasteiger partial charge on any atom is -0.326 e. The zero-order valence-electron chi connectivity index (χ0n) is 17.3. The van der Waals surface area contributed by atoms with Crippen LogP contribution in [0.5, 0.6) is 0 Å². The van der Waals surface area contributed by atoms with Gasteiger partial charge in [-0.3, -0.25) is 0 Å². The summed E-state index contributed by atoms with van der Waals surface area (Å²) in [5.41, 5.74) is 6.54. The van der Waals surface area contributed by atoms with E-state index in [0.717, 1.165) is 0 Å². The summed E-state index contributed by atoms with van der Waals surface area (Å²) in [6.07, 6.45) is 0. The molecule has 0 saturated carbocycles. The fraction of sp³-hybridized carbons (Fsp3) is 0.111. The van der Waals surface area contributed by atoms with E-state index in [1.54, 1.807) is 0 Å². The fourth-order valence-corrected chi connectivity index (χ4v) is 5.10. The Bertz CT molecular complexity index is 800. The van der Waals surface area contributed by atoms with Crippen LogP contribution in [0.2, 0.25) is 0 Å². The van der Waals surface area contributed by atoms with Crippen LogP contribution in [0.1, 0.15) is 19.4 Å². The van der Waals surface area contributed by atoms with Crippen LogP contribution in [0.15, 0.2) is 121 Å². The Morgan fingerprint density at radius 1 is 0.483 bits per heavy atom. The molecule has 0 aromatic heterocycles. The van der Waals surface area contributed by atoms with E-state index in [0.29, 0.717) is 6.54 Å². The Hall–Kier alpha value is -2.73. The Labute approximate surface area is 177 Å². The van der Waals surface area contributed by atoms with Crippen LogP contribution in [-0.4, -0.2) is 0 Å². The Morgan fingerprint density at radius 3 is 1.00 bits per heavy atom. The van der Waals surface area contributed by atoms with Crippen LogP contribution in [-0.2, 0) is 6.54 Å². The topological polar surface area (TPSA) is 26.0 Å². The number of nitrogens with two attached hydrogens (primary N) is 1. The van der Waals surface area contributed by atoms with Crippen LogP contribution in [0, 0.1) is 0 Å². The summed E-state index contributed by atoms with van der Waals surface area (Å²) in [6, 6.07) is 42.3. The summed E-state index contributed by atoms with van der Waals surface area (Å²) >= 11 is 0. The Morgan fingerprint density at radius 2 is 0.759 bits per heavy atom. The average Bonchev–Trinajstić information content (AvgIpc) is 2.84. The van der Waals surface area contributed by atoms with Gasteiger partial charge in [0.1, 0.15) is 0 Å². The van der Waals surface area contributed by atoms with Crippen LogP contribution in [0.3, 0.4) is 0 Å². The molecule has 2 N–H and O–H groups in total. The zero-order valence-corrected chi connectivity index (χ0v) is 18.2. The van der Waals surface area contributed by atoms with Crippen molar-refractivity contribution in [1.82, 2.24) is 0 Å². The van der Waals surface area contributed by atoms with Crippen molar-refractivity contribution in [3.63, 3.8) is 0 Å². The van der Waals surface area contributed by atoms with E-state index in [1.807, 2.05) is 44.2 Å². The van der Waals surface area contributed by atoms with Crippen molar-refractivity contribution >= 4 is 23.8 Å². The standard InChI is InChI=1S/C18H15P.C7H9N.C2H6/c1-4-10-16(11-5-1)19(17-12-6-2-7-13-17)18-14-8-3-9-15-18;8-6-7-4-2-1-3-5-7;1-2/h1-15H;1-5H,6,8H2;1-2H3. The first-order valence-corrected chi connectivity index (χ1v) is 11.4. The Balaban J connectivity index is 0.000000252. The van der Waals surface area contributed by atoms with E-state index < -0.39 is 7.92 Å². The van der Waals surface area contributed by atoms with Crippen molar-refractivity contribution in [1.29, 1.82) is 0 Å². The molecule has 0 bridgehead atoms. The van der Waals surface area contributed by atoms with Crippen LogP contribution in [0.4, 0.5) is 0 Å². The monoisotopic (exact) mass is 399 g/mol. The molecule has 0 aliphatic rings. The zero-order chi connectivity index (χ0) is 20.7. The molecule has 4 rings (SSSR count). The second-order valence-corrected chi connectivity index (χ2v) is 8.25. The van der Waals surface area contributed by atoms with Crippen molar-refractivity contribution in [3.05, 3.63) is 127 Å². The van der Waals surface area contributed by atoms with Crippen molar-refractivity contribution in [2.24, 2.45) is 5.73 Å². The maximum atomic E-state index is 5.35. The highest BCUT2D eigenvalue weighted by atomic mass is 31.1. The molecule has 0 saturated heterocycles. The van der Waals surface area contributed by atoms with Gasteiger partial charge in [-0.15, -0.1) is 0 Å². The second-order valence-electron chi connectivity index (χ2n) is 6.03. The number of benzene rings is 4. The minimum atomic E-state index is -0.446. The first kappa shape index (κ1) is 22.6. The second kappa shape index (κ2) is 13.4. The molecule has 148 valence electrons. The van der Waals surface area contributed by atoms with Crippen molar-refractivity contribution in [2.45, 2.75) is 20.4 Å². The van der Waals surface area contributed by atoms with Gasteiger partial charge in [0.15, 0.2) is 0 Å². The molecule has 0 fully saturated rings. The van der Waals surface area contributed by atoms with Crippen molar-refractivity contribution in [2.75, 3.05) is 0 Å². The third-order valence-electron chi connectivity index (χ3n) is 4.12. The fourth-order valence-electron chi connectivity index (χ4n) is 2.79. The van der Waals surface area contributed by atoms with Gasteiger partial charge < -0.3 is 5.73 Å². The van der Waals surface area contributed by atoms with Crippen molar-refractivity contribution in [3.8, 4) is 0 Å². The molecule has 0 atom stereocenters. The largest absolute Gasteiger partial charge is 0.326 e. The number of rotatable bonds is 4. The first-order chi connectivity index (χ1) is 14.4. The van der Waals surface area contributed by atoms with Gasteiger partial charge in [0.25, 0.3) is 0 Å². The Kier molecular flexibility index (Phi) is 10.5. The van der Waals surface area contributed by atoms with Gasteiger partial charge in [0, 0.05) is 6.54 Å². The first-order valence-electron chi connectivity index (χ1n) is 10.1. The van der Waals surface area contributed by atoms with Crippen LogP contribution in [0.25, 0.3) is 0 Å². The molecule has 0 aliphatic heterocycles.